The van der Waals surface area contributed by atoms with E-state index in [4.69, 9.17) is 9.84 Å². The number of allylic oxidation sites excluding steroid dienone is 2. The summed E-state index contributed by atoms with van der Waals surface area (Å²) in [4.78, 5) is 10.5. The molecule has 1 N–H and O–H groups in total. The number of carbonyl (C=O) groups is 1. The molecule has 3 heteroatoms. The largest absolute Gasteiger partial charge is 0.506 e. The molecule has 14 heavy (non-hydrogen) atoms. The Bertz CT molecular complexity index is 259. The fourth-order valence-corrected chi connectivity index (χ4v) is 2.85. The van der Waals surface area contributed by atoms with E-state index in [2.05, 4.69) is 12.2 Å². The Morgan fingerprint density at radius 2 is 2.36 bits per heavy atom. The highest BCUT2D eigenvalue weighted by atomic mass is 16.7. The highest BCUT2D eigenvalue weighted by Crippen LogP contribution is 2.46. The van der Waals surface area contributed by atoms with Crippen LogP contribution in [-0.4, -0.2) is 17.4 Å². The van der Waals surface area contributed by atoms with Crippen molar-refractivity contribution in [3.63, 3.8) is 0 Å². The van der Waals surface area contributed by atoms with Crippen molar-refractivity contribution in [3.8, 4) is 0 Å². The van der Waals surface area contributed by atoms with Crippen LogP contribution in [0.3, 0.4) is 0 Å². The molecule has 2 aliphatic rings. The van der Waals surface area contributed by atoms with Gasteiger partial charge in [-0.05, 0) is 31.1 Å². The second kappa shape index (κ2) is 3.64. The van der Waals surface area contributed by atoms with E-state index in [9.17, 15) is 4.79 Å². The number of ether oxygens (including phenoxy) is 1. The zero-order chi connectivity index (χ0) is 10.1. The average molecular weight is 196 g/mol. The van der Waals surface area contributed by atoms with Gasteiger partial charge in [-0.1, -0.05) is 19.1 Å². The number of fused-ring (bicyclic) bond motifs is 2. The molecule has 2 aliphatic carbocycles. The van der Waals surface area contributed by atoms with Crippen LogP contribution in [0.25, 0.3) is 0 Å². The maximum Gasteiger partial charge on any atom is 0.506 e. The van der Waals surface area contributed by atoms with Crippen LogP contribution in [0.2, 0.25) is 0 Å². The summed E-state index contributed by atoms with van der Waals surface area (Å²) in [6, 6.07) is 0. The molecule has 0 saturated heterocycles. The summed E-state index contributed by atoms with van der Waals surface area (Å²) in [6.45, 7) is 1.99. The van der Waals surface area contributed by atoms with Gasteiger partial charge < -0.3 is 9.84 Å². The maximum atomic E-state index is 10.5. The van der Waals surface area contributed by atoms with Gasteiger partial charge in [-0.3, -0.25) is 0 Å². The molecule has 3 nitrogen and oxygen atoms in total. The lowest BCUT2D eigenvalue weighted by molar-refractivity contribution is 0.0165. The highest BCUT2D eigenvalue weighted by molar-refractivity contribution is 5.57. The molecule has 0 spiro atoms. The Kier molecular flexibility index (Phi) is 2.48. The molecule has 0 aliphatic heterocycles. The molecule has 0 amide bonds. The smallest absolute Gasteiger partial charge is 0.450 e. The average Bonchev–Trinajstić information content (AvgIpc) is 2.74. The van der Waals surface area contributed by atoms with E-state index >= 15 is 0 Å². The third-order valence-corrected chi connectivity index (χ3v) is 3.46. The monoisotopic (exact) mass is 196 g/mol. The van der Waals surface area contributed by atoms with Crippen molar-refractivity contribution < 1.29 is 14.6 Å². The predicted octanol–water partition coefficient (Wildman–Crippen LogP) is 2.67. The summed E-state index contributed by atoms with van der Waals surface area (Å²) >= 11 is 0. The molecule has 0 heterocycles. The first kappa shape index (κ1) is 9.56. The summed E-state index contributed by atoms with van der Waals surface area (Å²) in [5.74, 6) is 1.66. The molecule has 4 unspecified atom stereocenters. The van der Waals surface area contributed by atoms with Gasteiger partial charge in [-0.2, -0.15) is 0 Å². The van der Waals surface area contributed by atoms with Crippen LogP contribution in [0.15, 0.2) is 12.2 Å². The Balaban J connectivity index is 1.99. The van der Waals surface area contributed by atoms with Crippen molar-refractivity contribution in [2.45, 2.75) is 32.3 Å². The van der Waals surface area contributed by atoms with Crippen molar-refractivity contribution in [2.75, 3.05) is 0 Å². The van der Waals surface area contributed by atoms with Crippen LogP contribution in [0.4, 0.5) is 4.79 Å². The first-order chi connectivity index (χ1) is 6.70. The molecular weight excluding hydrogens is 180 g/mol. The molecule has 2 rings (SSSR count). The van der Waals surface area contributed by atoms with E-state index in [1.807, 2.05) is 6.92 Å². The standard InChI is InChI=1S/C11H16O3/c1-2-10(14-11(12)13)9-6-7-3-4-8(9)5-7/h3-4,7-10H,2,5-6H2,1H3,(H,12,13). The van der Waals surface area contributed by atoms with Gasteiger partial charge in [-0.25, -0.2) is 4.79 Å². The summed E-state index contributed by atoms with van der Waals surface area (Å²) in [7, 11) is 0. The van der Waals surface area contributed by atoms with Crippen molar-refractivity contribution in [2.24, 2.45) is 17.8 Å². The van der Waals surface area contributed by atoms with Crippen molar-refractivity contribution in [1.82, 2.24) is 0 Å². The SMILES string of the molecule is CCC(OC(=O)O)C1CC2C=CC1C2. The molecule has 0 aromatic carbocycles. The third-order valence-electron chi connectivity index (χ3n) is 3.46. The molecule has 78 valence electrons. The fourth-order valence-electron chi connectivity index (χ4n) is 2.85. The molecule has 4 atom stereocenters. The third kappa shape index (κ3) is 1.63. The summed E-state index contributed by atoms with van der Waals surface area (Å²) in [6.07, 6.45) is 6.34. The van der Waals surface area contributed by atoms with Crippen LogP contribution in [-0.2, 0) is 4.74 Å². The Morgan fingerprint density at radius 3 is 2.79 bits per heavy atom. The minimum absolute atomic E-state index is 0.104. The number of carboxylic acid groups (broad SMARTS) is 1. The number of hydrogen-bond donors (Lipinski definition) is 1. The fraction of sp³-hybridized carbons (Fsp3) is 0.727. The summed E-state index contributed by atoms with van der Waals surface area (Å²) in [5.41, 5.74) is 0. The van der Waals surface area contributed by atoms with Gasteiger partial charge in [-0.15, -0.1) is 0 Å². The van der Waals surface area contributed by atoms with E-state index < -0.39 is 6.16 Å². The maximum absolute atomic E-state index is 10.5. The number of hydrogen-bond acceptors (Lipinski definition) is 2. The normalized spacial score (nSPS) is 35.9. The van der Waals surface area contributed by atoms with E-state index in [-0.39, 0.29) is 6.10 Å². The molecule has 1 saturated carbocycles. The van der Waals surface area contributed by atoms with Crippen LogP contribution in [0.5, 0.6) is 0 Å². The van der Waals surface area contributed by atoms with Crippen LogP contribution < -0.4 is 0 Å². The van der Waals surface area contributed by atoms with Crippen molar-refractivity contribution in [3.05, 3.63) is 12.2 Å². The molecule has 0 radical (unpaired) electrons. The van der Waals surface area contributed by atoms with E-state index in [1.165, 1.54) is 6.42 Å². The van der Waals surface area contributed by atoms with Crippen LogP contribution >= 0.6 is 0 Å². The van der Waals surface area contributed by atoms with Gasteiger partial charge >= 0.3 is 6.16 Å². The van der Waals surface area contributed by atoms with Gasteiger partial charge in [0.1, 0.15) is 6.10 Å². The van der Waals surface area contributed by atoms with E-state index in [0.29, 0.717) is 17.8 Å². The molecule has 0 aromatic heterocycles. The van der Waals surface area contributed by atoms with Crippen LogP contribution in [0, 0.1) is 17.8 Å². The zero-order valence-electron chi connectivity index (χ0n) is 8.35. The Morgan fingerprint density at radius 1 is 1.57 bits per heavy atom. The van der Waals surface area contributed by atoms with Crippen LogP contribution in [0.1, 0.15) is 26.2 Å². The minimum Gasteiger partial charge on any atom is -0.450 e. The second-order valence-electron chi connectivity index (χ2n) is 4.27. The van der Waals surface area contributed by atoms with Gasteiger partial charge in [0.15, 0.2) is 0 Å². The molecule has 2 bridgehead atoms. The van der Waals surface area contributed by atoms with Gasteiger partial charge in [0.05, 0.1) is 0 Å². The molecular formula is C11H16O3. The molecule has 0 aromatic rings. The lowest BCUT2D eigenvalue weighted by atomic mass is 9.87. The van der Waals surface area contributed by atoms with E-state index in [0.717, 1.165) is 12.8 Å². The van der Waals surface area contributed by atoms with Crippen molar-refractivity contribution >= 4 is 6.16 Å². The summed E-state index contributed by atoms with van der Waals surface area (Å²) in [5, 5.41) is 8.61. The Labute approximate surface area is 83.8 Å². The zero-order valence-corrected chi connectivity index (χ0v) is 8.35. The van der Waals surface area contributed by atoms with Gasteiger partial charge in [0.25, 0.3) is 0 Å². The lowest BCUT2D eigenvalue weighted by Crippen LogP contribution is -2.28. The predicted molar refractivity (Wildman–Crippen MR) is 52.0 cm³/mol. The second-order valence-corrected chi connectivity index (χ2v) is 4.27. The lowest BCUT2D eigenvalue weighted by Gasteiger charge is -2.26. The van der Waals surface area contributed by atoms with Crippen molar-refractivity contribution in [1.29, 1.82) is 0 Å². The first-order valence-electron chi connectivity index (χ1n) is 5.28. The van der Waals surface area contributed by atoms with E-state index in [1.54, 1.807) is 0 Å². The molecule has 1 fully saturated rings. The topological polar surface area (TPSA) is 46.5 Å². The Hall–Kier alpha value is -0.990. The first-order valence-corrected chi connectivity index (χ1v) is 5.28. The summed E-state index contributed by atoms with van der Waals surface area (Å²) < 4.78 is 4.92. The number of rotatable bonds is 3. The van der Waals surface area contributed by atoms with Gasteiger partial charge in [0, 0.05) is 5.92 Å². The quantitative estimate of drug-likeness (QED) is 0.557. The van der Waals surface area contributed by atoms with Gasteiger partial charge in [0.2, 0.25) is 0 Å². The highest BCUT2D eigenvalue weighted by Gasteiger charge is 2.40. The minimum atomic E-state index is -1.14.